The van der Waals surface area contributed by atoms with Crippen LogP contribution in [0.25, 0.3) is 5.69 Å². The molecule has 2 rings (SSSR count). The predicted octanol–water partition coefficient (Wildman–Crippen LogP) is 1.11. The molecule has 0 aliphatic rings. The van der Waals surface area contributed by atoms with E-state index in [1.165, 1.54) is 6.33 Å². The molecule has 6 nitrogen and oxygen atoms in total. The van der Waals surface area contributed by atoms with E-state index in [0.29, 0.717) is 12.1 Å². The van der Waals surface area contributed by atoms with Crippen LogP contribution in [-0.4, -0.2) is 32.7 Å². The van der Waals surface area contributed by atoms with Crippen LogP contribution in [0, 0.1) is 6.92 Å². The summed E-state index contributed by atoms with van der Waals surface area (Å²) < 4.78 is 1.57. The van der Waals surface area contributed by atoms with Crippen molar-refractivity contribution in [1.82, 2.24) is 25.5 Å². The quantitative estimate of drug-likeness (QED) is 0.875. The van der Waals surface area contributed by atoms with Crippen molar-refractivity contribution in [3.63, 3.8) is 0 Å². The molecule has 0 spiro atoms. The van der Waals surface area contributed by atoms with Gasteiger partial charge in [-0.15, -0.1) is 5.10 Å². The maximum atomic E-state index is 11.8. The van der Waals surface area contributed by atoms with Crippen LogP contribution in [-0.2, 0) is 0 Å². The lowest BCUT2D eigenvalue weighted by atomic mass is 10.1. The smallest absolute Gasteiger partial charge is 0.251 e. The molecule has 0 atom stereocenters. The lowest BCUT2D eigenvalue weighted by Crippen LogP contribution is -2.24. The van der Waals surface area contributed by atoms with Crippen LogP contribution in [0.3, 0.4) is 0 Å². The summed E-state index contributed by atoms with van der Waals surface area (Å²) in [7, 11) is 0. The van der Waals surface area contributed by atoms with Gasteiger partial charge in [0.25, 0.3) is 5.91 Å². The number of nitrogens with zero attached hydrogens (tertiary/aromatic N) is 4. The van der Waals surface area contributed by atoms with Gasteiger partial charge in [-0.25, -0.2) is 4.68 Å². The van der Waals surface area contributed by atoms with Gasteiger partial charge < -0.3 is 5.32 Å². The Morgan fingerprint density at radius 2 is 2.28 bits per heavy atom. The molecule has 1 heterocycles. The van der Waals surface area contributed by atoms with Crippen LogP contribution in [0.1, 0.15) is 29.3 Å². The molecule has 1 aromatic heterocycles. The first-order valence-corrected chi connectivity index (χ1v) is 5.84. The third kappa shape index (κ3) is 2.53. The first kappa shape index (κ1) is 12.2. The van der Waals surface area contributed by atoms with Crippen LogP contribution in [0.5, 0.6) is 0 Å². The van der Waals surface area contributed by atoms with Gasteiger partial charge in [0.05, 0.1) is 5.69 Å². The fourth-order valence-electron chi connectivity index (χ4n) is 1.67. The molecule has 1 N–H and O–H groups in total. The minimum absolute atomic E-state index is 0.0526. The topological polar surface area (TPSA) is 72.7 Å². The Bertz CT molecular complexity index is 535. The molecule has 0 fully saturated rings. The fourth-order valence-corrected chi connectivity index (χ4v) is 1.67. The Hall–Kier alpha value is -2.24. The van der Waals surface area contributed by atoms with Crippen LogP contribution in [0.15, 0.2) is 24.5 Å². The molecule has 0 saturated heterocycles. The number of aromatic nitrogens is 4. The number of amides is 1. The second kappa shape index (κ2) is 5.39. The molecule has 0 radical (unpaired) electrons. The van der Waals surface area contributed by atoms with Crippen molar-refractivity contribution in [2.75, 3.05) is 6.54 Å². The van der Waals surface area contributed by atoms with Crippen molar-refractivity contribution in [3.05, 3.63) is 35.7 Å². The van der Waals surface area contributed by atoms with E-state index in [1.54, 1.807) is 10.7 Å². The van der Waals surface area contributed by atoms with Gasteiger partial charge in [-0.2, -0.15) is 0 Å². The average molecular weight is 245 g/mol. The zero-order valence-corrected chi connectivity index (χ0v) is 10.4. The fraction of sp³-hybridized carbons (Fsp3) is 0.333. The van der Waals surface area contributed by atoms with E-state index in [-0.39, 0.29) is 5.91 Å². The molecule has 2 aromatic rings. The summed E-state index contributed by atoms with van der Waals surface area (Å²) >= 11 is 0. The van der Waals surface area contributed by atoms with Crippen molar-refractivity contribution in [2.45, 2.75) is 20.3 Å². The van der Waals surface area contributed by atoms with E-state index >= 15 is 0 Å². The second-order valence-corrected chi connectivity index (χ2v) is 4.01. The third-order valence-corrected chi connectivity index (χ3v) is 2.59. The molecule has 94 valence electrons. The van der Waals surface area contributed by atoms with Crippen molar-refractivity contribution < 1.29 is 4.79 Å². The number of rotatable bonds is 4. The van der Waals surface area contributed by atoms with Gasteiger partial charge in [0.1, 0.15) is 6.33 Å². The van der Waals surface area contributed by atoms with E-state index in [9.17, 15) is 4.79 Å². The Kier molecular flexibility index (Phi) is 3.66. The standard InChI is InChI=1S/C12H15N5O/c1-3-6-13-12(18)10-4-5-11(9(2)7-10)17-8-14-15-16-17/h4-5,7-8H,3,6H2,1-2H3,(H,13,18). The predicted molar refractivity (Wildman–Crippen MR) is 66.5 cm³/mol. The zero-order chi connectivity index (χ0) is 13.0. The average Bonchev–Trinajstić information content (AvgIpc) is 2.89. The Morgan fingerprint density at radius 3 is 2.89 bits per heavy atom. The highest BCUT2D eigenvalue weighted by atomic mass is 16.1. The summed E-state index contributed by atoms with van der Waals surface area (Å²) in [5.41, 5.74) is 2.47. The SMILES string of the molecule is CCCNC(=O)c1ccc(-n2cnnn2)c(C)c1. The molecule has 18 heavy (non-hydrogen) atoms. The van der Waals surface area contributed by atoms with E-state index < -0.39 is 0 Å². The maximum absolute atomic E-state index is 11.8. The van der Waals surface area contributed by atoms with Crippen LogP contribution >= 0.6 is 0 Å². The lowest BCUT2D eigenvalue weighted by molar-refractivity contribution is 0.0953. The Balaban J connectivity index is 2.22. The molecule has 0 aliphatic heterocycles. The largest absolute Gasteiger partial charge is 0.352 e. The molecule has 1 aromatic carbocycles. The number of benzene rings is 1. The number of hydrogen-bond acceptors (Lipinski definition) is 4. The van der Waals surface area contributed by atoms with Crippen molar-refractivity contribution in [1.29, 1.82) is 0 Å². The lowest BCUT2D eigenvalue weighted by Gasteiger charge is -2.08. The normalized spacial score (nSPS) is 10.3. The van der Waals surface area contributed by atoms with Gasteiger partial charge in [0, 0.05) is 12.1 Å². The van der Waals surface area contributed by atoms with Crippen LogP contribution in [0.2, 0.25) is 0 Å². The first-order chi connectivity index (χ1) is 8.72. The van der Waals surface area contributed by atoms with E-state index in [1.807, 2.05) is 26.0 Å². The summed E-state index contributed by atoms with van der Waals surface area (Å²) in [4.78, 5) is 11.8. The van der Waals surface area contributed by atoms with Crippen molar-refractivity contribution in [3.8, 4) is 5.69 Å². The molecule has 6 heteroatoms. The first-order valence-electron chi connectivity index (χ1n) is 5.84. The number of nitrogens with one attached hydrogen (secondary N) is 1. The van der Waals surface area contributed by atoms with Gasteiger partial charge in [-0.1, -0.05) is 6.92 Å². The zero-order valence-electron chi connectivity index (χ0n) is 10.4. The number of carbonyl (C=O) groups is 1. The van der Waals surface area contributed by atoms with Crippen molar-refractivity contribution in [2.24, 2.45) is 0 Å². The summed E-state index contributed by atoms with van der Waals surface area (Å²) in [5.74, 6) is -0.0526. The van der Waals surface area contributed by atoms with Crippen molar-refractivity contribution >= 4 is 5.91 Å². The Morgan fingerprint density at radius 1 is 1.44 bits per heavy atom. The van der Waals surface area contributed by atoms with Crippen LogP contribution < -0.4 is 5.32 Å². The van der Waals surface area contributed by atoms with E-state index in [2.05, 4.69) is 20.8 Å². The maximum Gasteiger partial charge on any atom is 0.251 e. The third-order valence-electron chi connectivity index (χ3n) is 2.59. The molecule has 0 saturated carbocycles. The van der Waals surface area contributed by atoms with Gasteiger partial charge in [0.15, 0.2) is 0 Å². The highest BCUT2D eigenvalue weighted by Gasteiger charge is 2.08. The molecule has 0 aliphatic carbocycles. The minimum atomic E-state index is -0.0526. The highest BCUT2D eigenvalue weighted by Crippen LogP contribution is 2.14. The monoisotopic (exact) mass is 245 g/mol. The number of hydrogen-bond donors (Lipinski definition) is 1. The molecule has 1 amide bonds. The van der Waals surface area contributed by atoms with Crippen LogP contribution in [0.4, 0.5) is 0 Å². The summed E-state index contributed by atoms with van der Waals surface area (Å²) in [5, 5.41) is 13.9. The van der Waals surface area contributed by atoms with Gasteiger partial charge in [0.2, 0.25) is 0 Å². The number of carbonyl (C=O) groups excluding carboxylic acids is 1. The second-order valence-electron chi connectivity index (χ2n) is 4.01. The Labute approximate surface area is 105 Å². The summed E-state index contributed by atoms with van der Waals surface area (Å²) in [6.07, 6.45) is 2.45. The molecule has 0 bridgehead atoms. The van der Waals surface area contributed by atoms with E-state index in [0.717, 1.165) is 17.7 Å². The van der Waals surface area contributed by atoms with Gasteiger partial charge in [-0.05, 0) is 47.5 Å². The summed E-state index contributed by atoms with van der Waals surface area (Å²) in [6.45, 7) is 4.63. The van der Waals surface area contributed by atoms with Gasteiger partial charge >= 0.3 is 0 Å². The molecular weight excluding hydrogens is 230 g/mol. The van der Waals surface area contributed by atoms with E-state index in [4.69, 9.17) is 0 Å². The summed E-state index contributed by atoms with van der Waals surface area (Å²) in [6, 6.07) is 5.45. The molecule has 0 unspecified atom stereocenters. The minimum Gasteiger partial charge on any atom is -0.352 e. The number of aryl methyl sites for hydroxylation is 1. The molecular formula is C12H15N5O. The highest BCUT2D eigenvalue weighted by molar-refractivity contribution is 5.94. The van der Waals surface area contributed by atoms with Gasteiger partial charge in [-0.3, -0.25) is 4.79 Å². The number of tetrazole rings is 1.